The Kier molecular flexibility index (Phi) is 6.08. The van der Waals surface area contributed by atoms with Crippen LogP contribution in [0.4, 0.5) is 0 Å². The third-order valence-electron chi connectivity index (χ3n) is 7.06. The number of nitrogens with zero attached hydrogens (tertiary/aromatic N) is 4. The Labute approximate surface area is 203 Å². The predicted octanol–water partition coefficient (Wildman–Crippen LogP) is 3.82. The van der Waals surface area contributed by atoms with Gasteiger partial charge in [0.05, 0.1) is 18.0 Å². The van der Waals surface area contributed by atoms with Crippen LogP contribution in [0.5, 0.6) is 0 Å². The van der Waals surface area contributed by atoms with Crippen molar-refractivity contribution in [1.82, 2.24) is 19.4 Å². The van der Waals surface area contributed by atoms with E-state index in [-0.39, 0.29) is 43.1 Å². The van der Waals surface area contributed by atoms with E-state index in [2.05, 4.69) is 4.98 Å². The average Bonchev–Trinajstić information content (AvgIpc) is 3.58. The van der Waals surface area contributed by atoms with Crippen molar-refractivity contribution in [2.45, 2.75) is 50.1 Å². The van der Waals surface area contributed by atoms with Crippen LogP contribution in [0.3, 0.4) is 0 Å². The molecule has 3 aromatic rings. The first-order valence-corrected chi connectivity index (χ1v) is 12.6. The molecule has 3 amide bonds. The lowest BCUT2D eigenvalue weighted by molar-refractivity contribution is -0.144. The number of aryl methyl sites for hydroxylation is 1. The molecule has 2 atom stereocenters. The Morgan fingerprint density at radius 1 is 1.15 bits per heavy atom. The molecule has 34 heavy (non-hydrogen) atoms. The maximum absolute atomic E-state index is 13.9. The van der Waals surface area contributed by atoms with Gasteiger partial charge in [-0.1, -0.05) is 36.4 Å². The number of hydrogen-bond donors (Lipinski definition) is 0. The number of imidazole rings is 1. The highest BCUT2D eigenvalue weighted by Crippen LogP contribution is 2.42. The Bertz CT molecular complexity index is 1190. The Morgan fingerprint density at radius 3 is 2.68 bits per heavy atom. The monoisotopic (exact) mass is 476 g/mol. The summed E-state index contributed by atoms with van der Waals surface area (Å²) >= 11 is 1.52. The molecule has 2 saturated heterocycles. The summed E-state index contributed by atoms with van der Waals surface area (Å²) in [6.45, 7) is 0.875. The molecule has 0 aliphatic carbocycles. The number of hydrogen-bond acceptors (Lipinski definition) is 5. The molecule has 0 unspecified atom stereocenters. The molecule has 0 N–H and O–H groups in total. The smallest absolute Gasteiger partial charge is 0.241 e. The fourth-order valence-electron chi connectivity index (χ4n) is 5.30. The molecule has 2 aliphatic heterocycles. The molecule has 176 valence electrons. The van der Waals surface area contributed by atoms with Crippen LogP contribution in [0.15, 0.2) is 60.2 Å². The lowest BCUT2D eigenvalue weighted by Gasteiger charge is -2.37. The zero-order chi connectivity index (χ0) is 23.7. The van der Waals surface area contributed by atoms with E-state index in [1.807, 2.05) is 70.6 Å². The summed E-state index contributed by atoms with van der Waals surface area (Å²) in [6, 6.07) is 13.0. The summed E-state index contributed by atoms with van der Waals surface area (Å²) in [5, 5.41) is 1.93. The van der Waals surface area contributed by atoms with E-state index >= 15 is 0 Å². The average molecular weight is 477 g/mol. The fraction of sp³-hybridized carbons (Fsp3) is 0.385. The van der Waals surface area contributed by atoms with E-state index in [0.29, 0.717) is 6.54 Å². The van der Waals surface area contributed by atoms with Crippen LogP contribution >= 0.6 is 11.3 Å². The fourth-order valence-corrected chi connectivity index (χ4v) is 5.99. The van der Waals surface area contributed by atoms with Gasteiger partial charge in [0.1, 0.15) is 5.82 Å². The van der Waals surface area contributed by atoms with E-state index in [9.17, 15) is 14.4 Å². The molecule has 2 fully saturated rings. The Hall–Kier alpha value is -3.26. The second kappa shape index (κ2) is 9.18. The molecule has 5 rings (SSSR count). The van der Waals surface area contributed by atoms with Gasteiger partial charge in [0, 0.05) is 43.7 Å². The van der Waals surface area contributed by atoms with Crippen LogP contribution < -0.4 is 0 Å². The lowest BCUT2D eigenvalue weighted by Crippen LogP contribution is -2.46. The number of amides is 3. The minimum Gasteiger partial charge on any atom is -0.336 e. The van der Waals surface area contributed by atoms with Crippen LogP contribution in [-0.4, -0.2) is 43.6 Å². The number of piperidine rings is 1. The summed E-state index contributed by atoms with van der Waals surface area (Å²) in [7, 11) is 1.94. The van der Waals surface area contributed by atoms with Gasteiger partial charge in [-0.25, -0.2) is 4.98 Å². The summed E-state index contributed by atoms with van der Waals surface area (Å²) in [5.41, 5.74) is -0.461. The van der Waals surface area contributed by atoms with Crippen molar-refractivity contribution < 1.29 is 14.4 Å². The number of aromatic nitrogens is 2. The number of carbonyl (C=O) groups excluding carboxylic acids is 3. The van der Waals surface area contributed by atoms with Crippen LogP contribution in [0.2, 0.25) is 0 Å². The van der Waals surface area contributed by atoms with Crippen LogP contribution in [-0.2, 0) is 33.4 Å². The van der Waals surface area contributed by atoms with Crippen molar-refractivity contribution in [2.75, 3.05) is 6.54 Å². The molecule has 1 aromatic carbocycles. The Balaban J connectivity index is 1.47. The van der Waals surface area contributed by atoms with E-state index in [1.54, 1.807) is 6.20 Å². The van der Waals surface area contributed by atoms with Gasteiger partial charge in [0.25, 0.3) is 0 Å². The van der Waals surface area contributed by atoms with Crippen molar-refractivity contribution in [2.24, 2.45) is 7.05 Å². The first-order valence-electron chi connectivity index (χ1n) is 11.7. The standard InChI is InChI=1S/C26H28N4O3S/c1-28-14-12-27-24(28)21-11-5-6-13-29(21)22(31)16-26(19-8-3-2-4-9-19)17-23(32)30(25(26)33)18-20-10-7-15-34-20/h2-4,7-10,12,14-15,21H,5-6,11,13,16-18H2,1H3/t21-,26-/m1/s1. The first kappa shape index (κ1) is 22.5. The quantitative estimate of drug-likeness (QED) is 0.507. The van der Waals surface area contributed by atoms with Crippen LogP contribution in [0.1, 0.15) is 54.4 Å². The van der Waals surface area contributed by atoms with Crippen molar-refractivity contribution in [3.63, 3.8) is 0 Å². The highest BCUT2D eigenvalue weighted by atomic mass is 32.1. The minimum atomic E-state index is -1.18. The molecule has 2 aliphatic rings. The molecule has 7 nitrogen and oxygen atoms in total. The van der Waals surface area contributed by atoms with Gasteiger partial charge in [-0.3, -0.25) is 19.3 Å². The van der Waals surface area contributed by atoms with Gasteiger partial charge in [-0.15, -0.1) is 11.3 Å². The maximum Gasteiger partial charge on any atom is 0.241 e. The number of thiophene rings is 1. The molecule has 0 radical (unpaired) electrons. The topological polar surface area (TPSA) is 75.5 Å². The third-order valence-corrected chi connectivity index (χ3v) is 7.92. The van der Waals surface area contributed by atoms with E-state index in [0.717, 1.165) is 35.5 Å². The number of imide groups is 1. The molecule has 2 aromatic heterocycles. The molecule has 4 heterocycles. The summed E-state index contributed by atoms with van der Waals surface area (Å²) < 4.78 is 1.95. The van der Waals surface area contributed by atoms with E-state index < -0.39 is 5.41 Å². The van der Waals surface area contributed by atoms with Gasteiger partial charge < -0.3 is 9.47 Å². The van der Waals surface area contributed by atoms with Crippen molar-refractivity contribution >= 4 is 29.1 Å². The largest absolute Gasteiger partial charge is 0.336 e. The van der Waals surface area contributed by atoms with Crippen molar-refractivity contribution in [3.05, 3.63) is 76.5 Å². The van der Waals surface area contributed by atoms with Gasteiger partial charge in [0.15, 0.2) is 0 Å². The molecular formula is C26H28N4O3S. The number of carbonyl (C=O) groups is 3. The maximum atomic E-state index is 13.9. The van der Waals surface area contributed by atoms with Gasteiger partial charge in [-0.05, 0) is 36.3 Å². The van der Waals surface area contributed by atoms with Crippen molar-refractivity contribution in [3.8, 4) is 0 Å². The third kappa shape index (κ3) is 3.96. The zero-order valence-electron chi connectivity index (χ0n) is 19.2. The van der Waals surface area contributed by atoms with Gasteiger partial charge >= 0.3 is 0 Å². The van der Waals surface area contributed by atoms with Gasteiger partial charge in [0.2, 0.25) is 17.7 Å². The SMILES string of the molecule is Cn1ccnc1[C@H]1CCCCN1C(=O)C[C@]1(c2ccccc2)CC(=O)N(Cc2cccs2)C1=O. The molecular weight excluding hydrogens is 448 g/mol. The van der Waals surface area contributed by atoms with Crippen molar-refractivity contribution in [1.29, 1.82) is 0 Å². The number of rotatable bonds is 6. The van der Waals surface area contributed by atoms with Crippen LogP contribution in [0.25, 0.3) is 0 Å². The normalized spacial score (nSPS) is 23.0. The molecule has 0 spiro atoms. The molecule has 8 heteroatoms. The Morgan fingerprint density at radius 2 is 1.97 bits per heavy atom. The summed E-state index contributed by atoms with van der Waals surface area (Å²) in [4.78, 5) is 49.5. The summed E-state index contributed by atoms with van der Waals surface area (Å²) in [5.74, 6) is 0.246. The highest BCUT2D eigenvalue weighted by Gasteiger charge is 2.54. The van der Waals surface area contributed by atoms with Gasteiger partial charge in [-0.2, -0.15) is 0 Å². The number of benzene rings is 1. The van der Waals surface area contributed by atoms with E-state index in [1.165, 1.54) is 16.2 Å². The zero-order valence-corrected chi connectivity index (χ0v) is 20.0. The summed E-state index contributed by atoms with van der Waals surface area (Å²) in [6.07, 6.45) is 6.41. The minimum absolute atomic E-state index is 0.00781. The highest BCUT2D eigenvalue weighted by molar-refractivity contribution is 7.09. The number of likely N-dealkylation sites (tertiary alicyclic amines) is 2. The molecule has 0 saturated carbocycles. The lowest BCUT2D eigenvalue weighted by atomic mass is 9.75. The second-order valence-corrected chi connectivity index (χ2v) is 10.2. The second-order valence-electron chi connectivity index (χ2n) is 9.16. The first-order chi connectivity index (χ1) is 16.5. The predicted molar refractivity (Wildman–Crippen MR) is 129 cm³/mol. The van der Waals surface area contributed by atoms with E-state index in [4.69, 9.17) is 0 Å². The van der Waals surface area contributed by atoms with Crippen LogP contribution in [0, 0.1) is 0 Å². The molecule has 0 bridgehead atoms.